The second-order valence-corrected chi connectivity index (χ2v) is 6.66. The lowest BCUT2D eigenvalue weighted by Crippen LogP contribution is -2.18. The van der Waals surface area contributed by atoms with Crippen LogP contribution in [0.5, 0.6) is 0 Å². The summed E-state index contributed by atoms with van der Waals surface area (Å²) in [6.07, 6.45) is 0. The average Bonchev–Trinajstić information content (AvgIpc) is 3.08. The van der Waals surface area contributed by atoms with Crippen molar-refractivity contribution in [3.05, 3.63) is 82.9 Å². The molecular formula is C21H17FN6O2. The third-order valence-electron chi connectivity index (χ3n) is 4.71. The smallest absolute Gasteiger partial charge is 0.267 e. The molecule has 4 aromatic rings. The summed E-state index contributed by atoms with van der Waals surface area (Å²) >= 11 is 0. The second kappa shape index (κ2) is 7.70. The van der Waals surface area contributed by atoms with E-state index in [1.165, 1.54) is 16.8 Å². The van der Waals surface area contributed by atoms with Gasteiger partial charge in [0, 0.05) is 10.9 Å². The number of pyridine rings is 1. The van der Waals surface area contributed by atoms with Gasteiger partial charge in [-0.25, -0.2) is 14.1 Å². The van der Waals surface area contributed by atoms with Gasteiger partial charge in [0.15, 0.2) is 5.82 Å². The maximum atomic E-state index is 13.9. The van der Waals surface area contributed by atoms with Gasteiger partial charge in [0.25, 0.3) is 11.8 Å². The molecule has 2 heterocycles. The Morgan fingerprint density at radius 2 is 1.87 bits per heavy atom. The summed E-state index contributed by atoms with van der Waals surface area (Å²) in [6, 6.07) is 14.6. The Morgan fingerprint density at radius 3 is 2.63 bits per heavy atom. The van der Waals surface area contributed by atoms with E-state index in [1.54, 1.807) is 49.4 Å². The molecule has 0 aliphatic carbocycles. The zero-order valence-electron chi connectivity index (χ0n) is 16.0. The fraction of sp³-hybridized carbons (Fsp3) is 0.0952. The first-order valence-corrected chi connectivity index (χ1v) is 9.08. The Balaban J connectivity index is 1.65. The number of carbonyl (C=O) groups excluding carboxylic acids is 2. The molecule has 0 radical (unpaired) electrons. The number of carbonyl (C=O) groups is 2. The summed E-state index contributed by atoms with van der Waals surface area (Å²) in [5, 5.41) is 11.3. The van der Waals surface area contributed by atoms with E-state index in [2.05, 4.69) is 20.6 Å². The molecule has 0 saturated heterocycles. The SMILES string of the molecule is Cc1c(NC(=O)c2cc(C(N)=O)nc3ccccc23)nnn1Cc1ccccc1F. The molecule has 2 amide bonds. The molecule has 3 N–H and O–H groups in total. The number of nitrogens with one attached hydrogen (secondary N) is 1. The van der Waals surface area contributed by atoms with Crippen LogP contribution in [-0.2, 0) is 6.54 Å². The summed E-state index contributed by atoms with van der Waals surface area (Å²) in [5.74, 6) is -1.34. The highest BCUT2D eigenvalue weighted by atomic mass is 19.1. The number of benzene rings is 2. The number of hydrogen-bond donors (Lipinski definition) is 2. The number of rotatable bonds is 5. The van der Waals surface area contributed by atoms with Gasteiger partial charge in [-0.05, 0) is 25.1 Å². The standard InChI is InChI=1S/C21H17FN6O2/c1-12-20(26-27-28(12)11-13-6-2-4-8-16(13)22)25-21(30)15-10-18(19(23)29)24-17-9-5-3-7-14(15)17/h2-10H,11H2,1H3,(H2,23,29)(H,25,30). The van der Waals surface area contributed by atoms with Crippen molar-refractivity contribution in [1.82, 2.24) is 20.0 Å². The van der Waals surface area contributed by atoms with E-state index in [4.69, 9.17) is 5.73 Å². The van der Waals surface area contributed by atoms with Crippen LogP contribution in [0.15, 0.2) is 54.6 Å². The second-order valence-electron chi connectivity index (χ2n) is 6.66. The average molecular weight is 404 g/mol. The van der Waals surface area contributed by atoms with Gasteiger partial charge in [0.1, 0.15) is 11.5 Å². The molecule has 0 aliphatic rings. The summed E-state index contributed by atoms with van der Waals surface area (Å²) in [6.45, 7) is 1.89. The minimum absolute atomic E-state index is 0.0150. The fourth-order valence-corrected chi connectivity index (χ4v) is 3.08. The number of halogens is 1. The summed E-state index contributed by atoms with van der Waals surface area (Å²) in [7, 11) is 0. The molecule has 2 aromatic carbocycles. The number of amides is 2. The van der Waals surface area contributed by atoms with Gasteiger partial charge < -0.3 is 11.1 Å². The molecular weight excluding hydrogens is 387 g/mol. The number of fused-ring (bicyclic) bond motifs is 1. The minimum atomic E-state index is -0.734. The number of nitrogens with zero attached hydrogens (tertiary/aromatic N) is 4. The largest absolute Gasteiger partial charge is 0.364 e. The zero-order valence-corrected chi connectivity index (χ0v) is 16.0. The van der Waals surface area contributed by atoms with Crippen LogP contribution in [0.1, 0.15) is 32.1 Å². The molecule has 0 spiro atoms. The number of primary amides is 1. The van der Waals surface area contributed by atoms with Gasteiger partial charge in [0.2, 0.25) is 0 Å². The number of hydrogen-bond acceptors (Lipinski definition) is 5. The molecule has 30 heavy (non-hydrogen) atoms. The van der Waals surface area contributed by atoms with E-state index in [0.29, 0.717) is 22.2 Å². The number of anilines is 1. The predicted octanol–water partition coefficient (Wildman–Crippen LogP) is 2.67. The summed E-state index contributed by atoms with van der Waals surface area (Å²) in [4.78, 5) is 28.7. The Morgan fingerprint density at radius 1 is 1.13 bits per heavy atom. The molecule has 0 bridgehead atoms. The van der Waals surface area contributed by atoms with Crippen molar-refractivity contribution in [2.45, 2.75) is 13.5 Å². The minimum Gasteiger partial charge on any atom is -0.364 e. The van der Waals surface area contributed by atoms with Crippen LogP contribution in [-0.4, -0.2) is 31.8 Å². The molecule has 2 aromatic heterocycles. The van der Waals surface area contributed by atoms with Crippen molar-refractivity contribution in [3.63, 3.8) is 0 Å². The molecule has 0 atom stereocenters. The topological polar surface area (TPSA) is 116 Å². The van der Waals surface area contributed by atoms with Crippen LogP contribution in [0.3, 0.4) is 0 Å². The molecule has 0 fully saturated rings. The lowest BCUT2D eigenvalue weighted by atomic mass is 10.1. The van der Waals surface area contributed by atoms with Crippen molar-refractivity contribution in [2.24, 2.45) is 5.73 Å². The van der Waals surface area contributed by atoms with Gasteiger partial charge in [-0.15, -0.1) is 5.10 Å². The van der Waals surface area contributed by atoms with E-state index in [9.17, 15) is 14.0 Å². The lowest BCUT2D eigenvalue weighted by molar-refractivity contribution is 0.0996. The Labute approximate surface area is 170 Å². The molecule has 0 saturated carbocycles. The third kappa shape index (κ3) is 3.60. The van der Waals surface area contributed by atoms with Crippen molar-refractivity contribution in [3.8, 4) is 0 Å². The van der Waals surface area contributed by atoms with E-state index in [-0.39, 0.29) is 29.4 Å². The normalized spacial score (nSPS) is 10.9. The molecule has 150 valence electrons. The van der Waals surface area contributed by atoms with Crippen molar-refractivity contribution < 1.29 is 14.0 Å². The number of para-hydroxylation sites is 1. The van der Waals surface area contributed by atoms with E-state index < -0.39 is 11.8 Å². The quantitative estimate of drug-likeness (QED) is 0.531. The fourth-order valence-electron chi connectivity index (χ4n) is 3.08. The predicted molar refractivity (Wildman–Crippen MR) is 108 cm³/mol. The van der Waals surface area contributed by atoms with Crippen molar-refractivity contribution >= 4 is 28.5 Å². The third-order valence-corrected chi connectivity index (χ3v) is 4.71. The Kier molecular flexibility index (Phi) is 4.93. The maximum Gasteiger partial charge on any atom is 0.267 e. The first kappa shape index (κ1) is 19.2. The van der Waals surface area contributed by atoms with Gasteiger partial charge in [-0.2, -0.15) is 0 Å². The highest BCUT2D eigenvalue weighted by Crippen LogP contribution is 2.21. The lowest BCUT2D eigenvalue weighted by Gasteiger charge is -2.09. The molecule has 4 rings (SSSR count). The van der Waals surface area contributed by atoms with Crippen LogP contribution in [0.25, 0.3) is 10.9 Å². The number of nitrogens with two attached hydrogens (primary N) is 1. The van der Waals surface area contributed by atoms with Crippen molar-refractivity contribution in [1.29, 1.82) is 0 Å². The molecule has 0 aliphatic heterocycles. The Bertz CT molecular complexity index is 1280. The van der Waals surface area contributed by atoms with Gasteiger partial charge >= 0.3 is 0 Å². The van der Waals surface area contributed by atoms with Crippen LogP contribution in [0, 0.1) is 12.7 Å². The van der Waals surface area contributed by atoms with Gasteiger partial charge in [-0.3, -0.25) is 9.59 Å². The van der Waals surface area contributed by atoms with E-state index >= 15 is 0 Å². The van der Waals surface area contributed by atoms with Crippen LogP contribution in [0.2, 0.25) is 0 Å². The summed E-state index contributed by atoms with van der Waals surface area (Å²) in [5.41, 5.74) is 7.05. The highest BCUT2D eigenvalue weighted by molar-refractivity contribution is 6.13. The highest BCUT2D eigenvalue weighted by Gasteiger charge is 2.18. The first-order chi connectivity index (χ1) is 14.4. The monoisotopic (exact) mass is 404 g/mol. The first-order valence-electron chi connectivity index (χ1n) is 9.08. The van der Waals surface area contributed by atoms with E-state index in [1.807, 2.05) is 0 Å². The van der Waals surface area contributed by atoms with Crippen LogP contribution in [0.4, 0.5) is 10.2 Å². The number of aromatic nitrogens is 4. The molecule has 9 heteroatoms. The van der Waals surface area contributed by atoms with Gasteiger partial charge in [0.05, 0.1) is 23.3 Å². The van der Waals surface area contributed by atoms with Crippen LogP contribution >= 0.6 is 0 Å². The molecule has 8 nitrogen and oxygen atoms in total. The summed E-state index contributed by atoms with van der Waals surface area (Å²) < 4.78 is 15.4. The van der Waals surface area contributed by atoms with Crippen LogP contribution < -0.4 is 11.1 Å². The van der Waals surface area contributed by atoms with Gasteiger partial charge in [-0.1, -0.05) is 41.6 Å². The zero-order chi connectivity index (χ0) is 21.3. The maximum absolute atomic E-state index is 13.9. The molecule has 0 unspecified atom stereocenters. The Hall–Kier alpha value is -4.14. The van der Waals surface area contributed by atoms with Crippen molar-refractivity contribution in [2.75, 3.05) is 5.32 Å². The van der Waals surface area contributed by atoms with E-state index in [0.717, 1.165) is 0 Å².